The zero-order valence-electron chi connectivity index (χ0n) is 13.3. The highest BCUT2D eigenvalue weighted by atomic mass is 16.5. The number of aliphatic hydroxyl groups is 4. The predicted molar refractivity (Wildman–Crippen MR) is 77.3 cm³/mol. The molecule has 0 aromatic rings. The second-order valence-corrected chi connectivity index (χ2v) is 3.42. The summed E-state index contributed by atoms with van der Waals surface area (Å²) in [5.41, 5.74) is 0. The van der Waals surface area contributed by atoms with Crippen molar-refractivity contribution in [3.05, 3.63) is 0 Å². The fourth-order valence-corrected chi connectivity index (χ4v) is 0.204. The standard InChI is InChI=1S/C4H10O.2C3H8O2.C3H8O/c1-3-5-4-2;2*1-3(5)2-4;1-3-4-2/h3-4H2,1-2H3;2*3-5H,2H2,1H3;3H2,1-2H3. The van der Waals surface area contributed by atoms with Gasteiger partial charge in [-0.3, -0.25) is 0 Å². The molecule has 6 nitrogen and oxygen atoms in total. The first-order valence-corrected chi connectivity index (χ1v) is 6.52. The Bertz CT molecular complexity index is 97.3. The van der Waals surface area contributed by atoms with Crippen LogP contribution in [-0.2, 0) is 9.47 Å². The van der Waals surface area contributed by atoms with Crippen LogP contribution in [-0.4, -0.2) is 72.8 Å². The van der Waals surface area contributed by atoms with Crippen molar-refractivity contribution in [3.63, 3.8) is 0 Å². The van der Waals surface area contributed by atoms with Crippen LogP contribution in [0.25, 0.3) is 0 Å². The fourth-order valence-electron chi connectivity index (χ4n) is 0.204. The smallest absolute Gasteiger partial charge is 0.0742 e. The van der Waals surface area contributed by atoms with E-state index in [0.717, 1.165) is 19.8 Å². The molecule has 2 atom stereocenters. The second kappa shape index (κ2) is 30.6. The van der Waals surface area contributed by atoms with Crippen LogP contribution in [0.1, 0.15) is 34.6 Å². The van der Waals surface area contributed by atoms with Gasteiger partial charge in [0.2, 0.25) is 0 Å². The minimum absolute atomic E-state index is 0.139. The van der Waals surface area contributed by atoms with Crippen molar-refractivity contribution in [1.82, 2.24) is 0 Å². The van der Waals surface area contributed by atoms with E-state index in [4.69, 9.17) is 25.2 Å². The van der Waals surface area contributed by atoms with Gasteiger partial charge in [0.15, 0.2) is 0 Å². The zero-order chi connectivity index (χ0) is 16.1. The van der Waals surface area contributed by atoms with Crippen molar-refractivity contribution < 1.29 is 29.9 Å². The average Bonchev–Trinajstić information content (AvgIpc) is 2.41. The van der Waals surface area contributed by atoms with Crippen LogP contribution in [0.2, 0.25) is 0 Å². The molecular formula is C13H34O6. The zero-order valence-corrected chi connectivity index (χ0v) is 13.3. The van der Waals surface area contributed by atoms with E-state index in [1.807, 2.05) is 20.8 Å². The van der Waals surface area contributed by atoms with Crippen molar-refractivity contribution in [2.45, 2.75) is 46.8 Å². The second-order valence-electron chi connectivity index (χ2n) is 3.42. The maximum Gasteiger partial charge on any atom is 0.0742 e. The Hall–Kier alpha value is -0.240. The molecule has 2 unspecified atom stereocenters. The lowest BCUT2D eigenvalue weighted by atomic mass is 10.5. The Morgan fingerprint density at radius 2 is 1.00 bits per heavy atom. The molecule has 0 radical (unpaired) electrons. The molecule has 0 aliphatic rings. The van der Waals surface area contributed by atoms with Gasteiger partial charge < -0.3 is 29.9 Å². The van der Waals surface area contributed by atoms with Gasteiger partial charge >= 0.3 is 0 Å². The molecule has 0 spiro atoms. The minimum Gasteiger partial charge on any atom is -0.394 e. The molecule has 4 N–H and O–H groups in total. The van der Waals surface area contributed by atoms with Gasteiger partial charge in [-0.2, -0.15) is 0 Å². The maximum absolute atomic E-state index is 8.11. The summed E-state index contributed by atoms with van der Waals surface area (Å²) < 4.78 is 9.38. The molecule has 0 saturated heterocycles. The summed E-state index contributed by atoms with van der Waals surface area (Å²) in [4.78, 5) is 0. The van der Waals surface area contributed by atoms with E-state index in [1.54, 1.807) is 7.11 Å². The lowest BCUT2D eigenvalue weighted by Gasteiger charge is -1.90. The number of ether oxygens (including phenoxy) is 2. The number of rotatable bonds is 5. The lowest BCUT2D eigenvalue weighted by molar-refractivity contribution is 0.110. The summed E-state index contributed by atoms with van der Waals surface area (Å²) in [5.74, 6) is 0. The SMILES string of the molecule is CC(O)CO.CC(O)CO.CCOC.CCOCC. The van der Waals surface area contributed by atoms with E-state index >= 15 is 0 Å². The van der Waals surface area contributed by atoms with E-state index < -0.39 is 12.2 Å². The van der Waals surface area contributed by atoms with E-state index in [9.17, 15) is 0 Å². The third-order valence-electron chi connectivity index (χ3n) is 1.23. The van der Waals surface area contributed by atoms with Gasteiger partial charge in [0.1, 0.15) is 0 Å². The predicted octanol–water partition coefficient (Wildman–Crippen LogP) is 0.414. The van der Waals surface area contributed by atoms with Gasteiger partial charge in [0.05, 0.1) is 25.4 Å². The van der Waals surface area contributed by atoms with Gasteiger partial charge in [-0.15, -0.1) is 0 Å². The molecule has 6 heteroatoms. The highest BCUT2D eigenvalue weighted by Crippen LogP contribution is 1.69. The molecule has 0 bridgehead atoms. The molecular weight excluding hydrogens is 252 g/mol. The van der Waals surface area contributed by atoms with Gasteiger partial charge in [-0.05, 0) is 34.6 Å². The van der Waals surface area contributed by atoms with Gasteiger partial charge in [-0.1, -0.05) is 0 Å². The summed E-state index contributed by atoms with van der Waals surface area (Å²) in [6.45, 7) is 11.2. The first kappa shape index (κ1) is 27.2. The van der Waals surface area contributed by atoms with Crippen molar-refractivity contribution in [1.29, 1.82) is 0 Å². The van der Waals surface area contributed by atoms with Crippen LogP contribution in [0.15, 0.2) is 0 Å². The summed E-state index contributed by atoms with van der Waals surface area (Å²) in [5, 5.41) is 32.0. The molecule has 0 aromatic heterocycles. The van der Waals surface area contributed by atoms with E-state index in [1.165, 1.54) is 13.8 Å². The molecule has 0 amide bonds. The topological polar surface area (TPSA) is 99.4 Å². The third-order valence-corrected chi connectivity index (χ3v) is 1.23. The molecule has 0 aliphatic carbocycles. The number of hydrogen-bond donors (Lipinski definition) is 4. The Kier molecular flexibility index (Phi) is 43.8. The molecule has 0 heterocycles. The molecule has 0 rings (SSSR count). The molecule has 19 heavy (non-hydrogen) atoms. The number of methoxy groups -OCH3 is 1. The van der Waals surface area contributed by atoms with Crippen LogP contribution in [0, 0.1) is 0 Å². The van der Waals surface area contributed by atoms with Crippen molar-refractivity contribution >= 4 is 0 Å². The largest absolute Gasteiger partial charge is 0.394 e. The Balaban J connectivity index is -0.0000000793. The average molecular weight is 286 g/mol. The molecule has 0 aliphatic heterocycles. The minimum atomic E-state index is -0.560. The molecule has 0 saturated carbocycles. The molecule has 0 aromatic carbocycles. The van der Waals surface area contributed by atoms with Gasteiger partial charge in [0, 0.05) is 26.9 Å². The van der Waals surface area contributed by atoms with Crippen molar-refractivity contribution in [3.8, 4) is 0 Å². The number of hydrogen-bond acceptors (Lipinski definition) is 6. The van der Waals surface area contributed by atoms with Crippen LogP contribution in [0.3, 0.4) is 0 Å². The number of aliphatic hydroxyl groups excluding tert-OH is 4. The van der Waals surface area contributed by atoms with Crippen LogP contribution >= 0.6 is 0 Å². The van der Waals surface area contributed by atoms with E-state index in [-0.39, 0.29) is 13.2 Å². The molecule has 122 valence electrons. The first-order valence-electron chi connectivity index (χ1n) is 6.52. The monoisotopic (exact) mass is 286 g/mol. The normalized spacial score (nSPS) is 11.7. The quantitative estimate of drug-likeness (QED) is 0.584. The molecule has 0 fully saturated rings. The van der Waals surface area contributed by atoms with Gasteiger partial charge in [0.25, 0.3) is 0 Å². The lowest BCUT2D eigenvalue weighted by Crippen LogP contribution is -2.03. The van der Waals surface area contributed by atoms with E-state index in [0.29, 0.717) is 0 Å². The highest BCUT2D eigenvalue weighted by molar-refractivity contribution is 4.34. The third kappa shape index (κ3) is 96.5. The Morgan fingerprint density at radius 1 is 0.789 bits per heavy atom. The van der Waals surface area contributed by atoms with Gasteiger partial charge in [-0.25, -0.2) is 0 Å². The first-order chi connectivity index (χ1) is 8.87. The summed E-state index contributed by atoms with van der Waals surface area (Å²) >= 11 is 0. The highest BCUT2D eigenvalue weighted by Gasteiger charge is 1.83. The Morgan fingerprint density at radius 3 is 1.00 bits per heavy atom. The van der Waals surface area contributed by atoms with Crippen LogP contribution in [0.5, 0.6) is 0 Å². The van der Waals surface area contributed by atoms with Crippen molar-refractivity contribution in [2.75, 3.05) is 40.1 Å². The maximum atomic E-state index is 8.11. The summed E-state index contributed by atoms with van der Waals surface area (Å²) in [7, 11) is 1.68. The van der Waals surface area contributed by atoms with Crippen molar-refractivity contribution in [2.24, 2.45) is 0 Å². The van der Waals surface area contributed by atoms with Crippen LogP contribution < -0.4 is 0 Å². The van der Waals surface area contributed by atoms with E-state index in [2.05, 4.69) is 4.74 Å². The van der Waals surface area contributed by atoms with Crippen LogP contribution in [0.4, 0.5) is 0 Å². The summed E-state index contributed by atoms with van der Waals surface area (Å²) in [6, 6.07) is 0. The summed E-state index contributed by atoms with van der Waals surface area (Å²) in [6.07, 6.45) is -1.12. The fraction of sp³-hybridized carbons (Fsp3) is 1.00. The Labute approximate surface area is 118 Å².